The van der Waals surface area contributed by atoms with E-state index in [1.807, 2.05) is 18.2 Å². The van der Waals surface area contributed by atoms with Crippen molar-refractivity contribution >= 4 is 22.9 Å². The van der Waals surface area contributed by atoms with Gasteiger partial charge in [0.25, 0.3) is 0 Å². The molecule has 2 aromatic rings. The van der Waals surface area contributed by atoms with Crippen molar-refractivity contribution in [2.75, 3.05) is 12.4 Å². The molecule has 0 aliphatic heterocycles. The minimum Gasteiger partial charge on any atom is -0.481 e. The zero-order valence-electron chi connectivity index (χ0n) is 10.5. The molecule has 0 atom stereocenters. The van der Waals surface area contributed by atoms with Crippen LogP contribution in [0.3, 0.4) is 0 Å². The zero-order chi connectivity index (χ0) is 13.7. The van der Waals surface area contributed by atoms with E-state index in [4.69, 9.17) is 22.7 Å². The molecule has 3 N–H and O–H groups in total. The number of anilines is 1. The number of aromatic nitrogens is 2. The molecule has 2 aromatic heterocycles. The van der Waals surface area contributed by atoms with Crippen molar-refractivity contribution in [3.8, 4) is 5.88 Å². The van der Waals surface area contributed by atoms with E-state index in [0.717, 1.165) is 11.3 Å². The molecule has 0 aliphatic rings. The van der Waals surface area contributed by atoms with Crippen molar-refractivity contribution in [3.63, 3.8) is 0 Å². The Morgan fingerprint density at radius 2 is 2.21 bits per heavy atom. The van der Waals surface area contributed by atoms with Gasteiger partial charge in [0.1, 0.15) is 4.99 Å². The SMILES string of the molecule is COc1cc(CNc2ccc(C(N)=S)nc2)ccn1. The molecule has 0 saturated heterocycles. The molecule has 0 unspecified atom stereocenters. The summed E-state index contributed by atoms with van der Waals surface area (Å²) in [6, 6.07) is 7.48. The lowest BCUT2D eigenvalue weighted by molar-refractivity contribution is 0.397. The van der Waals surface area contributed by atoms with Gasteiger partial charge in [-0.2, -0.15) is 0 Å². The molecule has 0 radical (unpaired) electrons. The third kappa shape index (κ3) is 3.62. The predicted octanol–water partition coefficient (Wildman–Crippen LogP) is 1.73. The Bertz CT molecular complexity index is 571. The number of nitrogens with zero attached hydrogens (tertiary/aromatic N) is 2. The maximum Gasteiger partial charge on any atom is 0.213 e. The van der Waals surface area contributed by atoms with Gasteiger partial charge in [-0.15, -0.1) is 0 Å². The highest BCUT2D eigenvalue weighted by Crippen LogP contribution is 2.12. The molecule has 5 nitrogen and oxygen atoms in total. The predicted molar refractivity (Wildman–Crippen MR) is 78.2 cm³/mol. The normalized spacial score (nSPS) is 9.95. The van der Waals surface area contributed by atoms with Crippen molar-refractivity contribution < 1.29 is 4.74 Å². The second kappa shape index (κ2) is 6.10. The quantitative estimate of drug-likeness (QED) is 0.809. The maximum atomic E-state index is 5.49. The Morgan fingerprint density at radius 1 is 1.37 bits per heavy atom. The van der Waals surface area contributed by atoms with Crippen LogP contribution in [0.25, 0.3) is 0 Å². The van der Waals surface area contributed by atoms with Crippen LogP contribution in [0.15, 0.2) is 36.7 Å². The van der Waals surface area contributed by atoms with Crippen molar-refractivity contribution in [1.29, 1.82) is 0 Å². The van der Waals surface area contributed by atoms with Crippen LogP contribution in [0, 0.1) is 0 Å². The fraction of sp³-hybridized carbons (Fsp3) is 0.154. The number of nitrogens with two attached hydrogens (primary N) is 1. The van der Waals surface area contributed by atoms with Crippen molar-refractivity contribution in [2.45, 2.75) is 6.54 Å². The smallest absolute Gasteiger partial charge is 0.213 e. The van der Waals surface area contributed by atoms with E-state index in [2.05, 4.69) is 15.3 Å². The van der Waals surface area contributed by atoms with Crippen LogP contribution in [0.5, 0.6) is 5.88 Å². The van der Waals surface area contributed by atoms with E-state index in [-0.39, 0.29) is 0 Å². The van der Waals surface area contributed by atoms with Gasteiger partial charge in [0.15, 0.2) is 0 Å². The topological polar surface area (TPSA) is 73.1 Å². The van der Waals surface area contributed by atoms with Gasteiger partial charge in [-0.3, -0.25) is 4.98 Å². The van der Waals surface area contributed by atoms with Gasteiger partial charge in [-0.25, -0.2) is 4.98 Å². The summed E-state index contributed by atoms with van der Waals surface area (Å²) < 4.78 is 5.07. The maximum absolute atomic E-state index is 5.49. The third-order valence-corrected chi connectivity index (χ3v) is 2.73. The number of thiocarbonyl (C=S) groups is 1. The second-order valence-electron chi connectivity index (χ2n) is 3.86. The fourth-order valence-electron chi connectivity index (χ4n) is 1.52. The zero-order valence-corrected chi connectivity index (χ0v) is 11.3. The minimum absolute atomic E-state index is 0.297. The lowest BCUT2D eigenvalue weighted by Gasteiger charge is -2.07. The number of methoxy groups -OCH3 is 1. The number of nitrogens with one attached hydrogen (secondary N) is 1. The summed E-state index contributed by atoms with van der Waals surface area (Å²) >= 11 is 4.85. The Hall–Kier alpha value is -2.21. The van der Waals surface area contributed by atoms with Crippen LogP contribution < -0.4 is 15.8 Å². The van der Waals surface area contributed by atoms with E-state index in [1.54, 1.807) is 25.6 Å². The van der Waals surface area contributed by atoms with Crippen LogP contribution in [0.1, 0.15) is 11.3 Å². The molecule has 0 aliphatic carbocycles. The molecule has 2 heterocycles. The van der Waals surface area contributed by atoms with Gasteiger partial charge >= 0.3 is 0 Å². The molecule has 0 spiro atoms. The van der Waals surface area contributed by atoms with Gasteiger partial charge in [0.05, 0.1) is 24.7 Å². The third-order valence-electron chi connectivity index (χ3n) is 2.52. The number of pyridine rings is 2. The van der Waals surface area contributed by atoms with Gasteiger partial charge in [-0.05, 0) is 23.8 Å². The monoisotopic (exact) mass is 274 g/mol. The lowest BCUT2D eigenvalue weighted by Crippen LogP contribution is -2.11. The Kier molecular flexibility index (Phi) is 4.25. The highest BCUT2D eigenvalue weighted by Gasteiger charge is 2.00. The molecule has 0 saturated carbocycles. The molecule has 0 bridgehead atoms. The molecule has 0 amide bonds. The molecule has 6 heteroatoms. The highest BCUT2D eigenvalue weighted by molar-refractivity contribution is 7.80. The second-order valence-corrected chi connectivity index (χ2v) is 4.30. The number of hydrogen-bond acceptors (Lipinski definition) is 5. The van der Waals surface area contributed by atoms with Crippen molar-refractivity contribution in [1.82, 2.24) is 9.97 Å². The average Bonchev–Trinajstić information content (AvgIpc) is 2.46. The molecule has 98 valence electrons. The average molecular weight is 274 g/mol. The number of ether oxygens (including phenoxy) is 1. The van der Waals surface area contributed by atoms with Crippen LogP contribution in [0.4, 0.5) is 5.69 Å². The summed E-state index contributed by atoms with van der Waals surface area (Å²) in [5, 5.41) is 3.25. The van der Waals surface area contributed by atoms with Crippen LogP contribution in [-0.4, -0.2) is 22.1 Å². The first-order valence-electron chi connectivity index (χ1n) is 5.67. The van der Waals surface area contributed by atoms with Crippen molar-refractivity contribution in [3.05, 3.63) is 47.9 Å². The van der Waals surface area contributed by atoms with Crippen LogP contribution in [-0.2, 0) is 6.54 Å². The van der Waals surface area contributed by atoms with Gasteiger partial charge in [0, 0.05) is 18.8 Å². The summed E-state index contributed by atoms with van der Waals surface area (Å²) in [7, 11) is 1.60. The van der Waals surface area contributed by atoms with Crippen molar-refractivity contribution in [2.24, 2.45) is 5.73 Å². The Labute approximate surface area is 116 Å². The number of rotatable bonds is 5. The van der Waals surface area contributed by atoms with Gasteiger partial charge in [0.2, 0.25) is 5.88 Å². The van der Waals surface area contributed by atoms with E-state index in [1.165, 1.54) is 0 Å². The molecule has 0 aromatic carbocycles. The van der Waals surface area contributed by atoms with Crippen LogP contribution in [0.2, 0.25) is 0 Å². The minimum atomic E-state index is 0.297. The first kappa shape index (κ1) is 13.2. The van der Waals surface area contributed by atoms with Gasteiger partial charge < -0.3 is 15.8 Å². The first-order valence-corrected chi connectivity index (χ1v) is 6.08. The molecule has 19 heavy (non-hydrogen) atoms. The summed E-state index contributed by atoms with van der Waals surface area (Å²) in [5.41, 5.74) is 8.08. The van der Waals surface area contributed by atoms with Gasteiger partial charge in [-0.1, -0.05) is 12.2 Å². The van der Waals surface area contributed by atoms with E-state index in [9.17, 15) is 0 Å². The Balaban J connectivity index is 1.99. The van der Waals surface area contributed by atoms with Crippen LogP contribution >= 0.6 is 12.2 Å². The molecular weight excluding hydrogens is 260 g/mol. The summed E-state index contributed by atoms with van der Waals surface area (Å²) in [6.07, 6.45) is 3.41. The van der Waals surface area contributed by atoms with E-state index in [0.29, 0.717) is 23.1 Å². The van der Waals surface area contributed by atoms with E-state index < -0.39 is 0 Å². The largest absolute Gasteiger partial charge is 0.481 e. The lowest BCUT2D eigenvalue weighted by atomic mass is 10.2. The molecule has 2 rings (SSSR count). The first-order chi connectivity index (χ1) is 9.19. The molecular formula is C13H14N4OS. The summed E-state index contributed by atoms with van der Waals surface area (Å²) in [5.74, 6) is 0.598. The fourth-order valence-corrected chi connectivity index (χ4v) is 1.64. The summed E-state index contributed by atoms with van der Waals surface area (Å²) in [6.45, 7) is 0.660. The Morgan fingerprint density at radius 3 is 2.84 bits per heavy atom. The summed E-state index contributed by atoms with van der Waals surface area (Å²) in [4.78, 5) is 8.51. The number of hydrogen-bond donors (Lipinski definition) is 2. The van der Waals surface area contributed by atoms with E-state index >= 15 is 0 Å². The standard InChI is InChI=1S/C13H14N4OS/c1-18-12-6-9(4-5-15-12)7-16-10-2-3-11(13(14)19)17-8-10/h2-6,8,16H,7H2,1H3,(H2,14,19). The highest BCUT2D eigenvalue weighted by atomic mass is 32.1. The molecule has 0 fully saturated rings.